The fraction of sp³-hybridized carbons (Fsp3) is 0.333. The zero-order valence-electron chi connectivity index (χ0n) is 17.7. The molecule has 0 spiro atoms. The first kappa shape index (κ1) is 20.8. The number of hydrogen-bond donors (Lipinski definition) is 0. The maximum absolute atomic E-state index is 13.1. The van der Waals surface area contributed by atoms with Crippen LogP contribution in [0.15, 0.2) is 48.5 Å². The van der Waals surface area contributed by atoms with Crippen molar-refractivity contribution in [3.8, 4) is 0 Å². The highest BCUT2D eigenvalue weighted by Gasteiger charge is 2.41. The molecule has 2 aliphatic heterocycles. The highest BCUT2D eigenvalue weighted by molar-refractivity contribution is 6.22. The Morgan fingerprint density at radius 3 is 2.10 bits per heavy atom. The number of imide groups is 1. The third-order valence-corrected chi connectivity index (χ3v) is 5.93. The zero-order chi connectivity index (χ0) is 22.1. The van der Waals surface area contributed by atoms with Crippen LogP contribution in [0.1, 0.15) is 50.0 Å². The Morgan fingerprint density at radius 1 is 0.839 bits per heavy atom. The lowest BCUT2D eigenvalue weighted by molar-refractivity contribution is -0.134. The molecule has 0 bridgehead atoms. The van der Waals surface area contributed by atoms with Crippen molar-refractivity contribution >= 4 is 23.6 Å². The minimum absolute atomic E-state index is 0.0496. The monoisotopic (exact) mass is 419 g/mol. The molecule has 2 aromatic rings. The molecule has 1 saturated heterocycles. The van der Waals surface area contributed by atoms with Crippen molar-refractivity contribution in [1.29, 1.82) is 0 Å². The van der Waals surface area contributed by atoms with Gasteiger partial charge in [-0.05, 0) is 44.5 Å². The molecule has 0 saturated carbocycles. The number of benzene rings is 2. The first-order valence-corrected chi connectivity index (χ1v) is 10.5. The molecule has 0 radical (unpaired) electrons. The van der Waals surface area contributed by atoms with E-state index in [1.165, 1.54) is 0 Å². The van der Waals surface area contributed by atoms with E-state index in [0.29, 0.717) is 49.3 Å². The average molecular weight is 419 g/mol. The molecule has 31 heavy (non-hydrogen) atoms. The van der Waals surface area contributed by atoms with E-state index in [0.717, 1.165) is 10.5 Å². The minimum Gasteiger partial charge on any atom is -0.339 e. The lowest BCUT2D eigenvalue weighted by Crippen LogP contribution is -2.50. The number of carbonyl (C=O) groups excluding carboxylic acids is 4. The molecule has 2 aromatic carbocycles. The molecule has 160 valence electrons. The number of amides is 4. The number of rotatable bonds is 3. The summed E-state index contributed by atoms with van der Waals surface area (Å²) in [5.41, 5.74) is 2.32. The molecule has 4 amide bonds. The fourth-order valence-electron chi connectivity index (χ4n) is 4.24. The third-order valence-electron chi connectivity index (χ3n) is 5.93. The predicted molar refractivity (Wildman–Crippen MR) is 115 cm³/mol. The second kappa shape index (κ2) is 8.34. The van der Waals surface area contributed by atoms with Crippen molar-refractivity contribution in [3.05, 3.63) is 70.8 Å². The van der Waals surface area contributed by atoms with Gasteiger partial charge in [0.15, 0.2) is 0 Å². The lowest BCUT2D eigenvalue weighted by atomic mass is 10.1. The van der Waals surface area contributed by atoms with Crippen molar-refractivity contribution in [3.63, 3.8) is 0 Å². The predicted octanol–water partition coefficient (Wildman–Crippen LogP) is 2.35. The molecule has 2 aliphatic rings. The first-order valence-electron chi connectivity index (χ1n) is 10.5. The van der Waals surface area contributed by atoms with Gasteiger partial charge in [-0.2, -0.15) is 0 Å². The zero-order valence-corrected chi connectivity index (χ0v) is 17.7. The van der Waals surface area contributed by atoms with E-state index in [2.05, 4.69) is 0 Å². The van der Waals surface area contributed by atoms with Gasteiger partial charge in [-0.1, -0.05) is 29.8 Å². The Morgan fingerprint density at radius 2 is 1.45 bits per heavy atom. The van der Waals surface area contributed by atoms with E-state index in [9.17, 15) is 19.2 Å². The van der Waals surface area contributed by atoms with Gasteiger partial charge >= 0.3 is 0 Å². The van der Waals surface area contributed by atoms with Gasteiger partial charge in [0.05, 0.1) is 11.1 Å². The normalized spacial score (nSPS) is 17.4. The van der Waals surface area contributed by atoms with Crippen LogP contribution in [0.4, 0.5) is 0 Å². The van der Waals surface area contributed by atoms with Gasteiger partial charge in [-0.3, -0.25) is 24.1 Å². The molecule has 4 rings (SSSR count). The molecule has 2 heterocycles. The van der Waals surface area contributed by atoms with E-state index in [1.54, 1.807) is 47.1 Å². The summed E-state index contributed by atoms with van der Waals surface area (Å²) in [7, 11) is 0. The van der Waals surface area contributed by atoms with Crippen LogP contribution in [0.2, 0.25) is 0 Å². The number of fused-ring (bicyclic) bond motifs is 1. The van der Waals surface area contributed by atoms with Gasteiger partial charge < -0.3 is 9.80 Å². The van der Waals surface area contributed by atoms with Crippen molar-refractivity contribution in [2.45, 2.75) is 26.3 Å². The summed E-state index contributed by atoms with van der Waals surface area (Å²) in [5, 5.41) is 0. The topological polar surface area (TPSA) is 78.0 Å². The molecular formula is C24H25N3O4. The molecule has 1 atom stereocenters. The molecule has 0 N–H and O–H groups in total. The quantitative estimate of drug-likeness (QED) is 0.716. The fourth-order valence-corrected chi connectivity index (χ4v) is 4.24. The van der Waals surface area contributed by atoms with Gasteiger partial charge in [0.2, 0.25) is 5.91 Å². The molecule has 7 heteroatoms. The van der Waals surface area contributed by atoms with E-state index in [-0.39, 0.29) is 11.8 Å². The van der Waals surface area contributed by atoms with E-state index >= 15 is 0 Å². The summed E-state index contributed by atoms with van der Waals surface area (Å²) in [5.74, 6) is -1.20. The van der Waals surface area contributed by atoms with Gasteiger partial charge in [0.25, 0.3) is 17.7 Å². The molecule has 0 aromatic heterocycles. The van der Waals surface area contributed by atoms with Crippen LogP contribution in [-0.2, 0) is 4.79 Å². The summed E-state index contributed by atoms with van der Waals surface area (Å²) in [6.07, 6.45) is 0.637. The highest BCUT2D eigenvalue weighted by atomic mass is 16.2. The summed E-state index contributed by atoms with van der Waals surface area (Å²) < 4.78 is 0. The van der Waals surface area contributed by atoms with Crippen molar-refractivity contribution in [2.75, 3.05) is 26.2 Å². The highest BCUT2D eigenvalue weighted by Crippen LogP contribution is 2.25. The van der Waals surface area contributed by atoms with Crippen LogP contribution < -0.4 is 0 Å². The molecular weight excluding hydrogens is 394 g/mol. The number of aryl methyl sites for hydroxylation is 1. The van der Waals surface area contributed by atoms with Gasteiger partial charge in [-0.15, -0.1) is 0 Å². The Bertz CT molecular complexity index is 1030. The van der Waals surface area contributed by atoms with Crippen LogP contribution in [0, 0.1) is 6.92 Å². The average Bonchev–Trinajstić information content (AvgIpc) is 2.93. The lowest BCUT2D eigenvalue weighted by Gasteiger charge is -2.28. The second-order valence-electron chi connectivity index (χ2n) is 8.04. The summed E-state index contributed by atoms with van der Waals surface area (Å²) >= 11 is 0. The Labute approximate surface area is 181 Å². The largest absolute Gasteiger partial charge is 0.339 e. The first-order chi connectivity index (χ1) is 14.9. The SMILES string of the molecule is Cc1cccc(C(=O)N2CCCN(C(=O)C(C)N3C(=O)c4ccccc4C3=O)CC2)c1. The van der Waals surface area contributed by atoms with Gasteiger partial charge in [0, 0.05) is 31.7 Å². The van der Waals surface area contributed by atoms with Crippen molar-refractivity contribution in [1.82, 2.24) is 14.7 Å². The molecule has 7 nitrogen and oxygen atoms in total. The number of hydrogen-bond acceptors (Lipinski definition) is 4. The van der Waals surface area contributed by atoms with Crippen LogP contribution in [0.5, 0.6) is 0 Å². The Balaban J connectivity index is 1.44. The smallest absolute Gasteiger partial charge is 0.262 e. The van der Waals surface area contributed by atoms with Crippen LogP contribution in [-0.4, -0.2) is 70.5 Å². The second-order valence-corrected chi connectivity index (χ2v) is 8.04. The van der Waals surface area contributed by atoms with Crippen LogP contribution in [0.25, 0.3) is 0 Å². The molecule has 1 unspecified atom stereocenters. The maximum Gasteiger partial charge on any atom is 0.262 e. The standard InChI is InChI=1S/C24H25N3O4/c1-16-7-5-8-18(15-16)22(29)26-12-6-11-25(13-14-26)21(28)17(2)27-23(30)19-9-3-4-10-20(19)24(27)31/h3-5,7-10,15,17H,6,11-14H2,1-2H3. The van der Waals surface area contributed by atoms with Gasteiger partial charge in [0.1, 0.15) is 6.04 Å². The Hall–Kier alpha value is -3.48. The molecule has 0 aliphatic carbocycles. The maximum atomic E-state index is 13.1. The van der Waals surface area contributed by atoms with Crippen molar-refractivity contribution < 1.29 is 19.2 Å². The van der Waals surface area contributed by atoms with E-state index in [4.69, 9.17) is 0 Å². The minimum atomic E-state index is -0.897. The summed E-state index contributed by atoms with van der Waals surface area (Å²) in [6.45, 7) is 5.34. The van der Waals surface area contributed by atoms with Crippen LogP contribution in [0.3, 0.4) is 0 Å². The van der Waals surface area contributed by atoms with Crippen LogP contribution >= 0.6 is 0 Å². The van der Waals surface area contributed by atoms with Gasteiger partial charge in [-0.25, -0.2) is 0 Å². The third kappa shape index (κ3) is 3.83. The molecule has 1 fully saturated rings. The summed E-state index contributed by atoms with van der Waals surface area (Å²) in [6, 6.07) is 13.2. The Kier molecular flexibility index (Phi) is 5.59. The van der Waals surface area contributed by atoms with Crippen molar-refractivity contribution in [2.24, 2.45) is 0 Å². The number of carbonyl (C=O) groups is 4. The number of nitrogens with zero attached hydrogens (tertiary/aromatic N) is 3. The van der Waals surface area contributed by atoms with E-state index in [1.807, 2.05) is 25.1 Å². The summed E-state index contributed by atoms with van der Waals surface area (Å²) in [4.78, 5) is 55.9. The van der Waals surface area contributed by atoms with E-state index < -0.39 is 17.9 Å².